The number of nitrogens with one attached hydrogen (secondary N) is 2. The molecule has 1 amide bonds. The fraction of sp³-hybridized carbons (Fsp3) is 0.818. The Kier molecular flexibility index (Phi) is 6.82. The van der Waals surface area contributed by atoms with Gasteiger partial charge in [-0.2, -0.15) is 13.2 Å². The van der Waals surface area contributed by atoms with E-state index in [1.54, 1.807) is 13.8 Å². The van der Waals surface area contributed by atoms with E-state index < -0.39 is 36.6 Å². The molecule has 0 aliphatic heterocycles. The molecule has 3 N–H and O–H groups in total. The van der Waals surface area contributed by atoms with Crippen molar-refractivity contribution in [2.24, 2.45) is 5.41 Å². The summed E-state index contributed by atoms with van der Waals surface area (Å²) in [5.41, 5.74) is -1.07. The monoisotopic (exact) mass is 284 g/mol. The van der Waals surface area contributed by atoms with Crippen LogP contribution < -0.4 is 10.6 Å². The van der Waals surface area contributed by atoms with E-state index in [1.807, 2.05) is 5.32 Å². The number of amides is 1. The normalized spacial score (nSPS) is 12.3. The second kappa shape index (κ2) is 7.32. The predicted molar refractivity (Wildman–Crippen MR) is 62.6 cm³/mol. The summed E-state index contributed by atoms with van der Waals surface area (Å²) in [6.45, 7) is 1.52. The first-order chi connectivity index (χ1) is 8.67. The van der Waals surface area contributed by atoms with E-state index in [9.17, 15) is 22.8 Å². The van der Waals surface area contributed by atoms with Crippen LogP contribution in [0, 0.1) is 5.41 Å². The lowest BCUT2D eigenvalue weighted by Gasteiger charge is -2.26. The summed E-state index contributed by atoms with van der Waals surface area (Å²) in [5.74, 6) is -1.68. The molecular formula is C11H19F3N2O3. The maximum Gasteiger partial charge on any atom is 0.401 e. The number of hydrogen-bond acceptors (Lipinski definition) is 3. The molecule has 0 fully saturated rings. The van der Waals surface area contributed by atoms with Crippen LogP contribution >= 0.6 is 0 Å². The third-order valence-corrected chi connectivity index (χ3v) is 3.04. The van der Waals surface area contributed by atoms with E-state index in [0.717, 1.165) is 0 Å². The largest absolute Gasteiger partial charge is 0.481 e. The zero-order chi connectivity index (χ0) is 15.1. The number of carbonyl (C=O) groups is 2. The second-order valence-electron chi connectivity index (χ2n) is 4.29. The first kappa shape index (κ1) is 17.7. The molecule has 0 radical (unpaired) electrons. The molecule has 112 valence electrons. The van der Waals surface area contributed by atoms with E-state index >= 15 is 0 Å². The first-order valence-corrected chi connectivity index (χ1v) is 5.94. The minimum atomic E-state index is -4.38. The minimum Gasteiger partial charge on any atom is -0.481 e. The molecule has 0 aromatic rings. The summed E-state index contributed by atoms with van der Waals surface area (Å²) >= 11 is 0. The third kappa shape index (κ3) is 6.42. The fourth-order valence-corrected chi connectivity index (χ4v) is 1.53. The van der Waals surface area contributed by atoms with Gasteiger partial charge in [0.25, 0.3) is 0 Å². The minimum absolute atomic E-state index is 0.0954. The average molecular weight is 284 g/mol. The van der Waals surface area contributed by atoms with Crippen LogP contribution in [0.3, 0.4) is 0 Å². The Morgan fingerprint density at radius 2 is 1.63 bits per heavy atom. The number of carbonyl (C=O) groups excluding carboxylic acids is 1. The lowest BCUT2D eigenvalue weighted by Crippen LogP contribution is -2.45. The predicted octanol–water partition coefficient (Wildman–Crippen LogP) is 1.15. The van der Waals surface area contributed by atoms with Crippen molar-refractivity contribution < 1.29 is 27.9 Å². The highest BCUT2D eigenvalue weighted by Crippen LogP contribution is 2.25. The smallest absolute Gasteiger partial charge is 0.401 e. The van der Waals surface area contributed by atoms with Gasteiger partial charge >= 0.3 is 12.1 Å². The maximum atomic E-state index is 11.8. The van der Waals surface area contributed by atoms with E-state index in [0.29, 0.717) is 12.8 Å². The van der Waals surface area contributed by atoms with Gasteiger partial charge < -0.3 is 15.7 Å². The highest BCUT2D eigenvalue weighted by molar-refractivity contribution is 5.80. The second-order valence-corrected chi connectivity index (χ2v) is 4.29. The highest BCUT2D eigenvalue weighted by Gasteiger charge is 2.35. The molecule has 0 saturated carbocycles. The van der Waals surface area contributed by atoms with Gasteiger partial charge in [-0.15, -0.1) is 0 Å². The average Bonchev–Trinajstić information content (AvgIpc) is 2.29. The van der Waals surface area contributed by atoms with Crippen LogP contribution in [0.1, 0.15) is 26.7 Å². The van der Waals surface area contributed by atoms with Crippen molar-refractivity contribution in [3.63, 3.8) is 0 Å². The van der Waals surface area contributed by atoms with Crippen LogP contribution in [-0.4, -0.2) is 42.8 Å². The third-order valence-electron chi connectivity index (χ3n) is 3.04. The number of alkyl halides is 3. The summed E-state index contributed by atoms with van der Waals surface area (Å²) < 4.78 is 35.5. The Bertz CT molecular complexity index is 315. The SMILES string of the molecule is CCC(CC)(CNC(=O)CNCC(F)(F)F)C(=O)O. The van der Waals surface area contributed by atoms with Gasteiger partial charge in [-0.05, 0) is 12.8 Å². The van der Waals surface area contributed by atoms with Crippen LogP contribution in [0.25, 0.3) is 0 Å². The molecule has 0 heterocycles. The Labute approximate surface area is 109 Å². The first-order valence-electron chi connectivity index (χ1n) is 5.94. The van der Waals surface area contributed by atoms with Crippen molar-refractivity contribution in [3.05, 3.63) is 0 Å². The fourth-order valence-electron chi connectivity index (χ4n) is 1.53. The molecule has 8 heteroatoms. The van der Waals surface area contributed by atoms with E-state index in [2.05, 4.69) is 5.32 Å². The molecule has 0 aromatic heterocycles. The van der Waals surface area contributed by atoms with Crippen LogP contribution in [0.15, 0.2) is 0 Å². The lowest BCUT2D eigenvalue weighted by atomic mass is 9.82. The summed E-state index contributed by atoms with van der Waals surface area (Å²) in [5, 5.41) is 13.4. The standard InChI is InChI=1S/C11H19F3N2O3/c1-3-10(4-2,9(18)19)6-16-8(17)5-15-7-11(12,13)14/h15H,3-7H2,1-2H3,(H,16,17)(H,18,19). The van der Waals surface area contributed by atoms with Gasteiger partial charge in [-0.25, -0.2) is 0 Å². The number of rotatable bonds is 8. The highest BCUT2D eigenvalue weighted by atomic mass is 19.4. The van der Waals surface area contributed by atoms with E-state index in [-0.39, 0.29) is 6.54 Å². The number of carboxylic acids is 1. The van der Waals surface area contributed by atoms with E-state index in [4.69, 9.17) is 5.11 Å². The van der Waals surface area contributed by atoms with Gasteiger partial charge in [0.2, 0.25) is 5.91 Å². The van der Waals surface area contributed by atoms with Crippen molar-refractivity contribution >= 4 is 11.9 Å². The zero-order valence-electron chi connectivity index (χ0n) is 10.9. The Morgan fingerprint density at radius 1 is 1.11 bits per heavy atom. The summed E-state index contributed by atoms with van der Waals surface area (Å²) in [7, 11) is 0. The molecule has 0 aromatic carbocycles. The Hall–Kier alpha value is -1.31. The van der Waals surface area contributed by atoms with Crippen molar-refractivity contribution in [2.45, 2.75) is 32.9 Å². The van der Waals surface area contributed by atoms with Crippen LogP contribution in [-0.2, 0) is 9.59 Å². The number of carboxylic acid groups (broad SMARTS) is 1. The van der Waals surface area contributed by atoms with Crippen molar-refractivity contribution in [3.8, 4) is 0 Å². The van der Waals surface area contributed by atoms with Gasteiger partial charge in [0.05, 0.1) is 18.5 Å². The van der Waals surface area contributed by atoms with Gasteiger partial charge in [-0.3, -0.25) is 9.59 Å². The Morgan fingerprint density at radius 3 is 2.00 bits per heavy atom. The summed E-state index contributed by atoms with van der Waals surface area (Å²) in [4.78, 5) is 22.4. The number of hydrogen-bond donors (Lipinski definition) is 3. The van der Waals surface area contributed by atoms with Crippen molar-refractivity contribution in [2.75, 3.05) is 19.6 Å². The van der Waals surface area contributed by atoms with Crippen LogP contribution in [0.4, 0.5) is 13.2 Å². The van der Waals surface area contributed by atoms with Gasteiger partial charge in [0.1, 0.15) is 0 Å². The van der Waals surface area contributed by atoms with Crippen LogP contribution in [0.5, 0.6) is 0 Å². The molecule has 0 rings (SSSR count). The quantitative estimate of drug-likeness (QED) is 0.624. The molecule has 0 aliphatic rings. The molecule has 0 bridgehead atoms. The van der Waals surface area contributed by atoms with Crippen molar-refractivity contribution in [1.82, 2.24) is 10.6 Å². The molecule has 0 unspecified atom stereocenters. The molecule has 5 nitrogen and oxygen atoms in total. The zero-order valence-corrected chi connectivity index (χ0v) is 10.9. The lowest BCUT2D eigenvalue weighted by molar-refractivity contribution is -0.149. The molecule has 0 aliphatic carbocycles. The van der Waals surface area contributed by atoms with Gasteiger partial charge in [0.15, 0.2) is 0 Å². The molecule has 0 saturated heterocycles. The summed E-state index contributed by atoms with van der Waals surface area (Å²) in [6, 6.07) is 0. The van der Waals surface area contributed by atoms with Crippen molar-refractivity contribution in [1.29, 1.82) is 0 Å². The Balaban J connectivity index is 4.17. The molecule has 0 atom stereocenters. The van der Waals surface area contributed by atoms with Crippen LogP contribution in [0.2, 0.25) is 0 Å². The molecule has 19 heavy (non-hydrogen) atoms. The number of halogens is 3. The van der Waals surface area contributed by atoms with Gasteiger partial charge in [-0.1, -0.05) is 13.8 Å². The van der Waals surface area contributed by atoms with Gasteiger partial charge in [0, 0.05) is 6.54 Å². The maximum absolute atomic E-state index is 11.8. The van der Waals surface area contributed by atoms with E-state index in [1.165, 1.54) is 0 Å². The number of aliphatic carboxylic acids is 1. The summed E-state index contributed by atoms with van der Waals surface area (Å²) in [6.07, 6.45) is -3.72. The topological polar surface area (TPSA) is 78.4 Å². The molecular weight excluding hydrogens is 265 g/mol. The molecule has 0 spiro atoms.